The molecule has 3 rings (SSSR count). The van der Waals surface area contributed by atoms with Crippen molar-refractivity contribution in [3.05, 3.63) is 53.6 Å². The van der Waals surface area contributed by atoms with Crippen LogP contribution in [0.1, 0.15) is 37.3 Å². The van der Waals surface area contributed by atoms with E-state index in [1.165, 1.54) is 17.7 Å². The molecule has 2 aromatic rings. The maximum atomic E-state index is 12.1. The number of nitrogens with zero attached hydrogens (tertiary/aromatic N) is 1. The quantitative estimate of drug-likeness (QED) is 0.668. The van der Waals surface area contributed by atoms with Gasteiger partial charge in [-0.15, -0.1) is 0 Å². The van der Waals surface area contributed by atoms with Gasteiger partial charge >= 0.3 is 0 Å². The normalized spacial score (nSPS) is 13.0. The monoisotopic (exact) mass is 382 g/mol. The van der Waals surface area contributed by atoms with Crippen LogP contribution in [0, 0.1) is 0 Å². The lowest BCUT2D eigenvalue weighted by Crippen LogP contribution is -2.25. The van der Waals surface area contributed by atoms with Crippen LogP contribution in [0.4, 0.5) is 5.69 Å². The van der Waals surface area contributed by atoms with Crippen molar-refractivity contribution >= 4 is 11.6 Å². The number of anilines is 1. The van der Waals surface area contributed by atoms with E-state index in [4.69, 9.17) is 9.47 Å². The van der Waals surface area contributed by atoms with E-state index in [2.05, 4.69) is 35.5 Å². The number of hydrogen-bond donors (Lipinski definition) is 1. The van der Waals surface area contributed by atoms with Gasteiger partial charge in [0, 0.05) is 32.2 Å². The molecule has 0 saturated heterocycles. The maximum Gasteiger partial charge on any atom is 0.220 e. The number of rotatable bonds is 9. The largest absolute Gasteiger partial charge is 0.490 e. The summed E-state index contributed by atoms with van der Waals surface area (Å²) in [5, 5.41) is 3.01. The zero-order chi connectivity index (χ0) is 19.8. The Hall–Kier alpha value is -2.69. The highest BCUT2D eigenvalue weighted by atomic mass is 16.5. The van der Waals surface area contributed by atoms with E-state index < -0.39 is 0 Å². The Morgan fingerprint density at radius 2 is 1.93 bits per heavy atom. The van der Waals surface area contributed by atoms with Gasteiger partial charge < -0.3 is 19.7 Å². The van der Waals surface area contributed by atoms with Crippen molar-refractivity contribution in [1.82, 2.24) is 5.32 Å². The second kappa shape index (κ2) is 10.0. The molecule has 0 bridgehead atoms. The van der Waals surface area contributed by atoms with E-state index >= 15 is 0 Å². The Bertz CT molecular complexity index is 791. The third-order valence-electron chi connectivity index (χ3n) is 4.94. The molecular formula is C23H30N2O3. The average molecular weight is 383 g/mol. The average Bonchev–Trinajstić information content (AvgIpc) is 2.71. The van der Waals surface area contributed by atoms with Crippen LogP contribution in [0.2, 0.25) is 0 Å². The lowest BCUT2D eigenvalue weighted by Gasteiger charge is -2.27. The SMILES string of the molecule is CCOc1ccccc1OCCCC(=O)NCc1ccc2c(c1)CCCN2C. The van der Waals surface area contributed by atoms with E-state index in [1.807, 2.05) is 31.2 Å². The fourth-order valence-corrected chi connectivity index (χ4v) is 3.50. The summed E-state index contributed by atoms with van der Waals surface area (Å²) in [5.74, 6) is 1.52. The van der Waals surface area contributed by atoms with Crippen molar-refractivity contribution in [3.8, 4) is 11.5 Å². The summed E-state index contributed by atoms with van der Waals surface area (Å²) in [6, 6.07) is 14.1. The van der Waals surface area contributed by atoms with Gasteiger partial charge in [-0.3, -0.25) is 4.79 Å². The minimum atomic E-state index is 0.0523. The molecule has 1 N–H and O–H groups in total. The minimum Gasteiger partial charge on any atom is -0.490 e. The van der Waals surface area contributed by atoms with Gasteiger partial charge in [0.1, 0.15) is 0 Å². The third-order valence-corrected chi connectivity index (χ3v) is 4.94. The van der Waals surface area contributed by atoms with Crippen LogP contribution in [-0.2, 0) is 17.8 Å². The van der Waals surface area contributed by atoms with Gasteiger partial charge in [-0.2, -0.15) is 0 Å². The molecule has 0 unspecified atom stereocenters. The van der Waals surface area contributed by atoms with E-state index in [9.17, 15) is 4.79 Å². The Morgan fingerprint density at radius 1 is 1.14 bits per heavy atom. The van der Waals surface area contributed by atoms with Crippen molar-refractivity contribution in [1.29, 1.82) is 0 Å². The molecule has 5 nitrogen and oxygen atoms in total. The summed E-state index contributed by atoms with van der Waals surface area (Å²) < 4.78 is 11.3. The molecule has 2 aromatic carbocycles. The molecule has 28 heavy (non-hydrogen) atoms. The number of carbonyl (C=O) groups excluding carboxylic acids is 1. The molecule has 150 valence electrons. The lowest BCUT2D eigenvalue weighted by atomic mass is 9.99. The number of hydrogen-bond acceptors (Lipinski definition) is 4. The molecule has 0 fully saturated rings. The number of para-hydroxylation sites is 2. The number of nitrogens with one attached hydrogen (secondary N) is 1. The molecule has 0 radical (unpaired) electrons. The summed E-state index contributed by atoms with van der Waals surface area (Å²) in [6.45, 7) is 4.72. The summed E-state index contributed by atoms with van der Waals surface area (Å²) in [6.07, 6.45) is 3.42. The third kappa shape index (κ3) is 5.41. The fourth-order valence-electron chi connectivity index (χ4n) is 3.50. The number of benzene rings is 2. The second-order valence-electron chi connectivity index (χ2n) is 7.10. The maximum absolute atomic E-state index is 12.1. The van der Waals surface area contributed by atoms with E-state index in [-0.39, 0.29) is 5.91 Å². The van der Waals surface area contributed by atoms with Gasteiger partial charge in [0.25, 0.3) is 0 Å². The van der Waals surface area contributed by atoms with Crippen molar-refractivity contribution in [2.75, 3.05) is 31.7 Å². The van der Waals surface area contributed by atoms with Crippen LogP contribution < -0.4 is 19.7 Å². The molecule has 1 amide bonds. The first kappa shape index (κ1) is 20.1. The number of amides is 1. The first-order valence-electron chi connectivity index (χ1n) is 10.1. The van der Waals surface area contributed by atoms with Gasteiger partial charge in [0.2, 0.25) is 5.91 Å². The number of carbonyl (C=O) groups is 1. The molecule has 0 saturated carbocycles. The first-order valence-corrected chi connectivity index (χ1v) is 10.1. The smallest absolute Gasteiger partial charge is 0.220 e. The van der Waals surface area contributed by atoms with Crippen molar-refractivity contribution < 1.29 is 14.3 Å². The van der Waals surface area contributed by atoms with Crippen molar-refractivity contribution in [2.45, 2.75) is 39.2 Å². The zero-order valence-electron chi connectivity index (χ0n) is 16.9. The number of aryl methyl sites for hydroxylation is 1. The molecule has 5 heteroatoms. The predicted molar refractivity (Wildman–Crippen MR) is 112 cm³/mol. The topological polar surface area (TPSA) is 50.8 Å². The van der Waals surface area contributed by atoms with Crippen LogP contribution in [0.5, 0.6) is 11.5 Å². The van der Waals surface area contributed by atoms with E-state index in [0.29, 0.717) is 32.6 Å². The summed E-state index contributed by atoms with van der Waals surface area (Å²) >= 11 is 0. The molecular weight excluding hydrogens is 352 g/mol. The number of ether oxygens (including phenoxy) is 2. The highest BCUT2D eigenvalue weighted by molar-refractivity contribution is 5.75. The predicted octanol–water partition coefficient (Wildman–Crippen LogP) is 3.94. The Labute approximate surface area is 167 Å². The van der Waals surface area contributed by atoms with Crippen LogP contribution in [0.15, 0.2) is 42.5 Å². The van der Waals surface area contributed by atoms with Crippen molar-refractivity contribution in [2.24, 2.45) is 0 Å². The van der Waals surface area contributed by atoms with E-state index in [0.717, 1.165) is 30.0 Å². The van der Waals surface area contributed by atoms with Crippen LogP contribution in [0.25, 0.3) is 0 Å². The highest BCUT2D eigenvalue weighted by Crippen LogP contribution is 2.27. The van der Waals surface area contributed by atoms with Gasteiger partial charge in [0.15, 0.2) is 11.5 Å². The van der Waals surface area contributed by atoms with Crippen LogP contribution in [-0.4, -0.2) is 32.7 Å². The van der Waals surface area contributed by atoms with Crippen LogP contribution in [0.3, 0.4) is 0 Å². The summed E-state index contributed by atoms with van der Waals surface area (Å²) in [7, 11) is 2.13. The molecule has 0 atom stereocenters. The highest BCUT2D eigenvalue weighted by Gasteiger charge is 2.13. The summed E-state index contributed by atoms with van der Waals surface area (Å²) in [5.41, 5.74) is 3.84. The van der Waals surface area contributed by atoms with Gasteiger partial charge in [-0.05, 0) is 55.5 Å². The first-order chi connectivity index (χ1) is 13.7. The Morgan fingerprint density at radius 3 is 2.71 bits per heavy atom. The molecule has 0 aromatic heterocycles. The van der Waals surface area contributed by atoms with Crippen molar-refractivity contribution in [3.63, 3.8) is 0 Å². The molecule has 1 aliphatic rings. The van der Waals surface area contributed by atoms with Gasteiger partial charge in [0.05, 0.1) is 13.2 Å². The molecule has 1 aliphatic heterocycles. The number of fused-ring (bicyclic) bond motifs is 1. The van der Waals surface area contributed by atoms with Gasteiger partial charge in [-0.25, -0.2) is 0 Å². The second-order valence-corrected chi connectivity index (χ2v) is 7.10. The van der Waals surface area contributed by atoms with E-state index in [1.54, 1.807) is 0 Å². The Balaban J connectivity index is 1.39. The van der Waals surface area contributed by atoms with Crippen LogP contribution >= 0.6 is 0 Å². The summed E-state index contributed by atoms with van der Waals surface area (Å²) in [4.78, 5) is 14.4. The Kier molecular flexibility index (Phi) is 7.18. The molecule has 1 heterocycles. The standard InChI is InChI=1S/C23H30N2O3/c1-3-27-21-9-4-5-10-22(21)28-15-7-11-23(26)24-17-18-12-13-20-19(16-18)8-6-14-25(20)2/h4-5,9-10,12-13,16H,3,6-8,11,14-15,17H2,1-2H3,(H,24,26). The minimum absolute atomic E-state index is 0.0523. The van der Waals surface area contributed by atoms with Gasteiger partial charge in [-0.1, -0.05) is 24.3 Å². The molecule has 0 spiro atoms. The lowest BCUT2D eigenvalue weighted by molar-refractivity contribution is -0.121. The zero-order valence-corrected chi connectivity index (χ0v) is 16.9. The molecule has 0 aliphatic carbocycles. The fraction of sp³-hybridized carbons (Fsp3) is 0.435.